The molecule has 3 N–H and O–H groups in total. The van der Waals surface area contributed by atoms with Crippen molar-refractivity contribution in [2.75, 3.05) is 13.1 Å². The molecule has 0 radical (unpaired) electrons. The Bertz CT molecular complexity index is 128. The lowest BCUT2D eigenvalue weighted by molar-refractivity contribution is 0.592. The second kappa shape index (κ2) is 5.72. The molecule has 1 aromatic heterocycles. The summed E-state index contributed by atoms with van der Waals surface area (Å²) in [4.78, 5) is 7.35. The topological polar surface area (TPSA) is 61.9 Å². The minimum Gasteiger partial charge on any atom is -0.245 e. The number of nitrogens with zero attached hydrogens (tertiary/aromatic N) is 2. The van der Waals surface area contributed by atoms with Crippen molar-refractivity contribution in [3.8, 4) is 0 Å². The Hall–Kier alpha value is -1.04. The quantitative estimate of drug-likeness (QED) is 0.450. The highest BCUT2D eigenvalue weighted by Crippen LogP contribution is 1.66. The lowest BCUT2D eigenvalue weighted by Crippen LogP contribution is -2.29. The van der Waals surface area contributed by atoms with Crippen molar-refractivity contribution >= 4 is 0 Å². The summed E-state index contributed by atoms with van der Waals surface area (Å²) in [5.41, 5.74) is 8.44. The van der Waals surface area contributed by atoms with Gasteiger partial charge in [0.25, 0.3) is 0 Å². The molecule has 0 unspecified atom stereocenters. The summed E-state index contributed by atoms with van der Waals surface area (Å²) in [6.45, 7) is 2.06. The first-order chi connectivity index (χ1) is 5.50. The highest BCUT2D eigenvalue weighted by atomic mass is 15.6. The van der Waals surface area contributed by atoms with E-state index in [1.165, 1.54) is 6.33 Å². The summed E-state index contributed by atoms with van der Waals surface area (Å²) in [5, 5.41) is 0. The molecule has 0 atom stereocenters. The van der Waals surface area contributed by atoms with Crippen molar-refractivity contribution in [2.45, 2.75) is 0 Å². The van der Waals surface area contributed by atoms with Gasteiger partial charge in [0.2, 0.25) is 0 Å². The predicted molar refractivity (Wildman–Crippen MR) is 41.2 cm³/mol. The van der Waals surface area contributed by atoms with Gasteiger partial charge in [0.1, 0.15) is 6.33 Å². The summed E-state index contributed by atoms with van der Waals surface area (Å²) >= 11 is 0. The van der Waals surface area contributed by atoms with Gasteiger partial charge in [-0.1, -0.05) is 0 Å². The largest absolute Gasteiger partial charge is 0.245 e. The van der Waals surface area contributed by atoms with Crippen molar-refractivity contribution in [3.63, 3.8) is 0 Å². The third kappa shape index (κ3) is 4.38. The van der Waals surface area contributed by atoms with E-state index in [0.717, 1.165) is 13.1 Å². The number of hydrogen-bond donors (Lipinski definition) is 3. The number of hydrogen-bond acceptors (Lipinski definition) is 5. The van der Waals surface area contributed by atoms with Crippen LogP contribution in [0.15, 0.2) is 24.8 Å². The van der Waals surface area contributed by atoms with Gasteiger partial charge in [-0.05, 0) is 6.07 Å². The lowest BCUT2D eigenvalue weighted by atomic mass is 10.7. The number of nitrogens with one attached hydrogen (secondary N) is 3. The van der Waals surface area contributed by atoms with Gasteiger partial charge < -0.3 is 0 Å². The van der Waals surface area contributed by atoms with Gasteiger partial charge in [0.15, 0.2) is 0 Å². The van der Waals surface area contributed by atoms with Crippen LogP contribution in [-0.2, 0) is 0 Å². The number of rotatable bonds is 0. The van der Waals surface area contributed by atoms with Crippen LogP contribution in [0.2, 0.25) is 0 Å². The molecule has 2 heterocycles. The molecule has 11 heavy (non-hydrogen) atoms. The van der Waals surface area contributed by atoms with E-state index in [0.29, 0.717) is 0 Å². The number of hydrazine groups is 2. The SMILES string of the molecule is C1CNNN1.c1cncnc1. The highest BCUT2D eigenvalue weighted by Gasteiger charge is 1.89. The Morgan fingerprint density at radius 1 is 1.00 bits per heavy atom. The lowest BCUT2D eigenvalue weighted by Gasteiger charge is -1.82. The maximum Gasteiger partial charge on any atom is 0.115 e. The third-order valence-corrected chi connectivity index (χ3v) is 1.03. The van der Waals surface area contributed by atoms with Gasteiger partial charge in [0.05, 0.1) is 0 Å². The van der Waals surface area contributed by atoms with Gasteiger partial charge in [-0.3, -0.25) is 0 Å². The molecule has 1 aliphatic heterocycles. The van der Waals surface area contributed by atoms with E-state index in [9.17, 15) is 0 Å². The molecule has 2 rings (SSSR count). The molecule has 1 aromatic rings. The molecule has 0 bridgehead atoms. The van der Waals surface area contributed by atoms with Gasteiger partial charge in [-0.15, -0.1) is 0 Å². The monoisotopic (exact) mass is 153 g/mol. The van der Waals surface area contributed by atoms with Crippen LogP contribution in [0.25, 0.3) is 0 Å². The Labute approximate surface area is 65.2 Å². The fourth-order valence-corrected chi connectivity index (χ4v) is 0.566. The van der Waals surface area contributed by atoms with E-state index in [1.807, 2.05) is 0 Å². The minimum absolute atomic E-state index is 1.03. The molecular weight excluding hydrogens is 142 g/mol. The second-order valence-corrected chi connectivity index (χ2v) is 1.88. The molecule has 1 saturated heterocycles. The fourth-order valence-electron chi connectivity index (χ4n) is 0.566. The number of aromatic nitrogens is 2. The maximum absolute atomic E-state index is 3.67. The molecule has 60 valence electrons. The first-order valence-electron chi connectivity index (χ1n) is 3.41. The molecule has 5 heteroatoms. The van der Waals surface area contributed by atoms with E-state index in [2.05, 4.69) is 26.4 Å². The van der Waals surface area contributed by atoms with E-state index in [4.69, 9.17) is 0 Å². The Kier molecular flexibility index (Phi) is 4.19. The summed E-state index contributed by atoms with van der Waals surface area (Å²) in [6, 6.07) is 1.78. The highest BCUT2D eigenvalue weighted by molar-refractivity contribution is 4.74. The first-order valence-corrected chi connectivity index (χ1v) is 3.41. The molecule has 1 aliphatic rings. The van der Waals surface area contributed by atoms with Crippen LogP contribution in [-0.4, -0.2) is 23.1 Å². The zero-order chi connectivity index (χ0) is 7.78. The summed E-state index contributed by atoms with van der Waals surface area (Å²) < 4.78 is 0. The van der Waals surface area contributed by atoms with Crippen LogP contribution in [0, 0.1) is 0 Å². The van der Waals surface area contributed by atoms with Crippen LogP contribution in [0.5, 0.6) is 0 Å². The molecule has 0 amide bonds. The standard InChI is InChI=1S/C4H4N2.C2H7N3/c1-2-5-4-6-3-1;1-2-4-5-3-1/h1-4H;3-5H,1-2H2. The predicted octanol–water partition coefficient (Wildman–Crippen LogP) is -0.925. The van der Waals surface area contributed by atoms with Crippen molar-refractivity contribution in [3.05, 3.63) is 24.8 Å². The Morgan fingerprint density at radius 3 is 1.82 bits per heavy atom. The summed E-state index contributed by atoms with van der Waals surface area (Å²) in [7, 11) is 0. The maximum atomic E-state index is 3.67. The average molecular weight is 153 g/mol. The van der Waals surface area contributed by atoms with Crippen LogP contribution in [0.3, 0.4) is 0 Å². The van der Waals surface area contributed by atoms with Crippen LogP contribution >= 0.6 is 0 Å². The van der Waals surface area contributed by atoms with Crippen LogP contribution in [0.4, 0.5) is 0 Å². The van der Waals surface area contributed by atoms with E-state index < -0.39 is 0 Å². The fraction of sp³-hybridized carbons (Fsp3) is 0.333. The molecule has 0 spiro atoms. The van der Waals surface area contributed by atoms with Crippen molar-refractivity contribution < 1.29 is 0 Å². The Balaban J connectivity index is 0.000000112. The summed E-state index contributed by atoms with van der Waals surface area (Å²) in [6.07, 6.45) is 4.88. The molecule has 0 aliphatic carbocycles. The van der Waals surface area contributed by atoms with E-state index in [1.54, 1.807) is 18.5 Å². The second-order valence-electron chi connectivity index (χ2n) is 1.88. The minimum atomic E-state index is 1.03. The molecule has 0 aromatic carbocycles. The third-order valence-electron chi connectivity index (χ3n) is 1.03. The van der Waals surface area contributed by atoms with E-state index in [-0.39, 0.29) is 0 Å². The van der Waals surface area contributed by atoms with Gasteiger partial charge in [0, 0.05) is 25.5 Å². The first kappa shape index (κ1) is 8.06. The molecule has 5 nitrogen and oxygen atoms in total. The van der Waals surface area contributed by atoms with Gasteiger partial charge in [-0.25, -0.2) is 20.8 Å². The summed E-state index contributed by atoms with van der Waals surface area (Å²) in [5.74, 6) is 0. The van der Waals surface area contributed by atoms with Gasteiger partial charge in [-0.2, -0.15) is 5.53 Å². The van der Waals surface area contributed by atoms with Crippen LogP contribution < -0.4 is 16.4 Å². The average Bonchev–Trinajstić information content (AvgIpc) is 2.64. The van der Waals surface area contributed by atoms with Gasteiger partial charge >= 0.3 is 0 Å². The Morgan fingerprint density at radius 2 is 1.64 bits per heavy atom. The van der Waals surface area contributed by atoms with E-state index >= 15 is 0 Å². The van der Waals surface area contributed by atoms with Crippen molar-refractivity contribution in [2.24, 2.45) is 0 Å². The molecular formula is C6H11N5. The normalized spacial score (nSPS) is 15.3. The van der Waals surface area contributed by atoms with Crippen molar-refractivity contribution in [1.29, 1.82) is 0 Å². The zero-order valence-electron chi connectivity index (χ0n) is 6.12. The zero-order valence-corrected chi connectivity index (χ0v) is 6.12. The smallest absolute Gasteiger partial charge is 0.115 e. The van der Waals surface area contributed by atoms with Crippen LogP contribution in [0.1, 0.15) is 0 Å². The molecule has 0 saturated carbocycles. The molecule has 1 fully saturated rings. The van der Waals surface area contributed by atoms with Crippen molar-refractivity contribution in [1.82, 2.24) is 26.4 Å².